The van der Waals surface area contributed by atoms with E-state index in [1.807, 2.05) is 31.2 Å². The van der Waals surface area contributed by atoms with Gasteiger partial charge in [-0.15, -0.1) is 11.3 Å². The van der Waals surface area contributed by atoms with Crippen LogP contribution in [0.4, 0.5) is 5.00 Å². The van der Waals surface area contributed by atoms with E-state index in [9.17, 15) is 9.59 Å². The molecule has 1 aromatic carbocycles. The minimum Gasteiger partial charge on any atom is -0.465 e. The monoisotopic (exact) mass is 388 g/mol. The summed E-state index contributed by atoms with van der Waals surface area (Å²) in [6, 6.07) is 7.73. The van der Waals surface area contributed by atoms with E-state index >= 15 is 0 Å². The summed E-state index contributed by atoms with van der Waals surface area (Å²) in [6.45, 7) is 1.97. The lowest BCUT2D eigenvalue weighted by molar-refractivity contribution is -0.119. The second-order valence-electron chi connectivity index (χ2n) is 6.16. The maximum Gasteiger partial charge on any atom is 0.341 e. The number of methoxy groups -OCH3 is 1. The van der Waals surface area contributed by atoms with E-state index in [1.54, 1.807) is 0 Å². The fourth-order valence-corrected chi connectivity index (χ4v) is 4.66. The van der Waals surface area contributed by atoms with Gasteiger partial charge in [0.1, 0.15) is 5.00 Å². The topological polar surface area (TPSA) is 67.4 Å². The normalized spacial score (nSPS) is 12.4. The molecule has 0 bridgehead atoms. The number of thiocarbonyl (C=S) groups is 1. The van der Waals surface area contributed by atoms with Crippen molar-refractivity contribution >= 4 is 45.5 Å². The number of hydrogen-bond donors (Lipinski definition) is 2. The molecule has 1 aromatic heterocycles. The number of amides is 1. The third kappa shape index (κ3) is 3.94. The van der Waals surface area contributed by atoms with Gasteiger partial charge < -0.3 is 15.4 Å². The molecule has 0 fully saturated rings. The number of thiophene rings is 1. The summed E-state index contributed by atoms with van der Waals surface area (Å²) in [7, 11) is 1.37. The maximum atomic E-state index is 12.3. The van der Waals surface area contributed by atoms with Gasteiger partial charge in [-0.1, -0.05) is 24.3 Å². The minimum atomic E-state index is -0.374. The van der Waals surface area contributed by atoms with Crippen LogP contribution in [0.1, 0.15) is 38.3 Å². The Balaban J connectivity index is 1.68. The average molecular weight is 389 g/mol. The van der Waals surface area contributed by atoms with Crippen molar-refractivity contribution in [2.75, 3.05) is 12.4 Å². The first-order valence-electron chi connectivity index (χ1n) is 8.37. The third-order valence-corrected chi connectivity index (χ3v) is 5.81. The van der Waals surface area contributed by atoms with E-state index in [0.29, 0.717) is 10.6 Å². The van der Waals surface area contributed by atoms with Crippen LogP contribution in [0.25, 0.3) is 0 Å². The summed E-state index contributed by atoms with van der Waals surface area (Å²) in [5.74, 6) is -0.568. The molecule has 5 nitrogen and oxygen atoms in total. The Morgan fingerprint density at radius 2 is 2.04 bits per heavy atom. The molecule has 0 spiro atoms. The number of nitrogens with one attached hydrogen (secondary N) is 2. The zero-order valence-corrected chi connectivity index (χ0v) is 16.3. The molecule has 2 N–H and O–H groups in total. The van der Waals surface area contributed by atoms with E-state index < -0.39 is 0 Å². The zero-order chi connectivity index (χ0) is 18.7. The lowest BCUT2D eigenvalue weighted by Gasteiger charge is -2.11. The first-order chi connectivity index (χ1) is 12.5. The molecule has 7 heteroatoms. The highest BCUT2D eigenvalue weighted by atomic mass is 32.1. The van der Waals surface area contributed by atoms with Crippen LogP contribution in [-0.2, 0) is 28.8 Å². The lowest BCUT2D eigenvalue weighted by atomic mass is 10.1. The van der Waals surface area contributed by atoms with E-state index in [1.165, 1.54) is 23.3 Å². The van der Waals surface area contributed by atoms with Crippen molar-refractivity contribution in [1.82, 2.24) is 5.32 Å². The summed E-state index contributed by atoms with van der Waals surface area (Å²) in [6.07, 6.45) is 3.12. The molecule has 0 saturated carbocycles. The Morgan fingerprint density at radius 1 is 1.27 bits per heavy atom. The molecular weight excluding hydrogens is 368 g/mol. The molecule has 2 aromatic rings. The Kier molecular flexibility index (Phi) is 5.68. The smallest absolute Gasteiger partial charge is 0.341 e. The number of hydrogen-bond acceptors (Lipinski definition) is 5. The van der Waals surface area contributed by atoms with Crippen LogP contribution < -0.4 is 10.6 Å². The number of carbonyl (C=O) groups excluding carboxylic acids is 2. The number of ether oxygens (including phenoxy) is 1. The molecule has 0 radical (unpaired) electrons. The molecule has 0 saturated heterocycles. The molecule has 0 atom stereocenters. The minimum absolute atomic E-state index is 0.189. The van der Waals surface area contributed by atoms with Gasteiger partial charge in [0, 0.05) is 4.88 Å². The SMILES string of the molecule is COC(=O)c1c(NC(=S)NC(=O)Cc2ccccc2C)sc2c1CCC2. The molecular formula is C19H20N2O3S2. The third-order valence-electron chi connectivity index (χ3n) is 4.40. The second-order valence-corrected chi connectivity index (χ2v) is 7.67. The van der Waals surface area contributed by atoms with Gasteiger partial charge in [-0.2, -0.15) is 0 Å². The van der Waals surface area contributed by atoms with E-state index in [0.717, 1.165) is 36.0 Å². The molecule has 1 aliphatic rings. The van der Waals surface area contributed by atoms with Crippen molar-refractivity contribution in [2.45, 2.75) is 32.6 Å². The van der Waals surface area contributed by atoms with Crippen LogP contribution in [0.5, 0.6) is 0 Å². The van der Waals surface area contributed by atoms with Crippen LogP contribution in [0.3, 0.4) is 0 Å². The van der Waals surface area contributed by atoms with Crippen LogP contribution in [0.2, 0.25) is 0 Å². The van der Waals surface area contributed by atoms with Crippen LogP contribution >= 0.6 is 23.6 Å². The Hall–Kier alpha value is -2.25. The average Bonchev–Trinajstić information content (AvgIpc) is 3.16. The van der Waals surface area contributed by atoms with Crippen molar-refractivity contribution in [2.24, 2.45) is 0 Å². The Bertz CT molecular complexity index is 874. The number of anilines is 1. The van der Waals surface area contributed by atoms with Gasteiger partial charge in [0.2, 0.25) is 5.91 Å². The molecule has 3 rings (SSSR count). The molecule has 1 heterocycles. The van der Waals surface area contributed by atoms with Crippen molar-refractivity contribution < 1.29 is 14.3 Å². The Labute approximate surface area is 161 Å². The van der Waals surface area contributed by atoms with Gasteiger partial charge in [-0.25, -0.2) is 4.79 Å². The summed E-state index contributed by atoms with van der Waals surface area (Å²) in [5.41, 5.74) is 3.60. The summed E-state index contributed by atoms with van der Waals surface area (Å²) in [5, 5.41) is 6.52. The molecule has 0 unspecified atom stereocenters. The number of benzene rings is 1. The van der Waals surface area contributed by atoms with Crippen molar-refractivity contribution in [3.63, 3.8) is 0 Å². The highest BCUT2D eigenvalue weighted by Crippen LogP contribution is 2.39. The van der Waals surface area contributed by atoms with Gasteiger partial charge in [0.25, 0.3) is 0 Å². The molecule has 26 heavy (non-hydrogen) atoms. The number of carbonyl (C=O) groups is 2. The summed E-state index contributed by atoms with van der Waals surface area (Å²) >= 11 is 6.77. The lowest BCUT2D eigenvalue weighted by Crippen LogP contribution is -2.35. The van der Waals surface area contributed by atoms with E-state index in [2.05, 4.69) is 10.6 Å². The maximum absolute atomic E-state index is 12.3. The first-order valence-corrected chi connectivity index (χ1v) is 9.60. The van der Waals surface area contributed by atoms with Crippen molar-refractivity contribution in [3.8, 4) is 0 Å². The van der Waals surface area contributed by atoms with E-state index in [-0.39, 0.29) is 23.4 Å². The molecule has 136 valence electrons. The molecule has 1 amide bonds. The predicted molar refractivity (Wildman–Crippen MR) is 107 cm³/mol. The van der Waals surface area contributed by atoms with Gasteiger partial charge in [0.05, 0.1) is 19.1 Å². The van der Waals surface area contributed by atoms with Gasteiger partial charge >= 0.3 is 5.97 Å². The van der Waals surface area contributed by atoms with Crippen molar-refractivity contribution in [1.29, 1.82) is 0 Å². The Morgan fingerprint density at radius 3 is 2.77 bits per heavy atom. The molecule has 1 aliphatic carbocycles. The fourth-order valence-electron chi connectivity index (χ4n) is 3.10. The largest absolute Gasteiger partial charge is 0.465 e. The number of aryl methyl sites for hydroxylation is 2. The zero-order valence-electron chi connectivity index (χ0n) is 14.7. The number of rotatable bonds is 4. The fraction of sp³-hybridized carbons (Fsp3) is 0.316. The second kappa shape index (κ2) is 7.97. The van der Waals surface area contributed by atoms with Gasteiger partial charge in [-0.05, 0) is 55.1 Å². The summed E-state index contributed by atoms with van der Waals surface area (Å²) in [4.78, 5) is 25.6. The number of fused-ring (bicyclic) bond motifs is 1. The van der Waals surface area contributed by atoms with Gasteiger partial charge in [-0.3, -0.25) is 4.79 Å². The predicted octanol–water partition coefficient (Wildman–Crippen LogP) is 3.39. The number of esters is 1. The van der Waals surface area contributed by atoms with Crippen molar-refractivity contribution in [3.05, 3.63) is 51.4 Å². The summed E-state index contributed by atoms with van der Waals surface area (Å²) < 4.78 is 4.91. The quantitative estimate of drug-likeness (QED) is 0.621. The van der Waals surface area contributed by atoms with E-state index in [4.69, 9.17) is 17.0 Å². The molecule has 0 aliphatic heterocycles. The van der Waals surface area contributed by atoms with Crippen LogP contribution in [0, 0.1) is 6.92 Å². The van der Waals surface area contributed by atoms with Crippen LogP contribution in [-0.4, -0.2) is 24.1 Å². The highest BCUT2D eigenvalue weighted by Gasteiger charge is 2.27. The highest BCUT2D eigenvalue weighted by molar-refractivity contribution is 7.80. The van der Waals surface area contributed by atoms with Gasteiger partial charge in [0.15, 0.2) is 5.11 Å². The van der Waals surface area contributed by atoms with Crippen LogP contribution in [0.15, 0.2) is 24.3 Å². The standard InChI is InChI=1S/C19H20N2O3S2/c1-11-6-3-4-7-12(11)10-15(22)20-19(25)21-17-16(18(23)24-2)13-8-5-9-14(13)26-17/h3-4,6-7H,5,8-10H2,1-2H3,(H2,20,21,22,25). The first kappa shape index (κ1) is 18.5.